The van der Waals surface area contributed by atoms with Gasteiger partial charge in [-0.3, -0.25) is 9.69 Å². The average molecular weight is 197 g/mol. The zero-order chi connectivity index (χ0) is 10.4. The number of nitrogens with zero attached hydrogens (tertiary/aromatic N) is 1. The SMILES string of the molecule is CCCC1CCN(CC(=O)CC)CC1. The molecule has 0 aromatic heterocycles. The smallest absolute Gasteiger partial charge is 0.146 e. The first-order chi connectivity index (χ1) is 6.76. The van der Waals surface area contributed by atoms with Gasteiger partial charge in [-0.25, -0.2) is 0 Å². The number of carbonyl (C=O) groups is 1. The summed E-state index contributed by atoms with van der Waals surface area (Å²) in [7, 11) is 0. The Balaban J connectivity index is 2.18. The molecule has 1 saturated heterocycles. The predicted molar refractivity (Wildman–Crippen MR) is 59.4 cm³/mol. The summed E-state index contributed by atoms with van der Waals surface area (Å²) < 4.78 is 0. The molecule has 1 aliphatic rings. The largest absolute Gasteiger partial charge is 0.298 e. The van der Waals surface area contributed by atoms with E-state index in [2.05, 4.69) is 11.8 Å². The normalized spacial score (nSPS) is 19.9. The second-order valence-electron chi connectivity index (χ2n) is 4.40. The Bertz CT molecular complexity index is 171. The molecule has 0 radical (unpaired) electrons. The van der Waals surface area contributed by atoms with Crippen LogP contribution >= 0.6 is 0 Å². The van der Waals surface area contributed by atoms with Gasteiger partial charge >= 0.3 is 0 Å². The van der Waals surface area contributed by atoms with E-state index < -0.39 is 0 Å². The first-order valence-electron chi connectivity index (χ1n) is 6.00. The fraction of sp³-hybridized carbons (Fsp3) is 0.917. The molecule has 1 fully saturated rings. The summed E-state index contributed by atoms with van der Waals surface area (Å²) in [5.74, 6) is 1.31. The van der Waals surface area contributed by atoms with Crippen molar-refractivity contribution in [3.8, 4) is 0 Å². The van der Waals surface area contributed by atoms with Gasteiger partial charge in [0.15, 0.2) is 0 Å². The molecule has 0 saturated carbocycles. The molecule has 1 aliphatic heterocycles. The van der Waals surface area contributed by atoms with Gasteiger partial charge in [0.1, 0.15) is 5.78 Å². The van der Waals surface area contributed by atoms with Crippen LogP contribution in [0.1, 0.15) is 46.0 Å². The lowest BCUT2D eigenvalue weighted by atomic mass is 9.92. The van der Waals surface area contributed by atoms with Gasteiger partial charge in [-0.1, -0.05) is 26.7 Å². The van der Waals surface area contributed by atoms with Crippen LogP contribution in [-0.4, -0.2) is 30.3 Å². The molecule has 14 heavy (non-hydrogen) atoms. The van der Waals surface area contributed by atoms with Crippen LogP contribution in [0.3, 0.4) is 0 Å². The van der Waals surface area contributed by atoms with Crippen molar-refractivity contribution >= 4 is 5.78 Å². The number of rotatable bonds is 5. The van der Waals surface area contributed by atoms with Gasteiger partial charge in [0.2, 0.25) is 0 Å². The highest BCUT2D eigenvalue weighted by Crippen LogP contribution is 2.21. The quantitative estimate of drug-likeness (QED) is 0.675. The second kappa shape index (κ2) is 6.18. The lowest BCUT2D eigenvalue weighted by Crippen LogP contribution is -2.37. The van der Waals surface area contributed by atoms with Gasteiger partial charge in [-0.15, -0.1) is 0 Å². The van der Waals surface area contributed by atoms with Crippen LogP contribution in [0, 0.1) is 5.92 Å². The van der Waals surface area contributed by atoms with Crippen LogP contribution in [0.15, 0.2) is 0 Å². The highest BCUT2D eigenvalue weighted by Gasteiger charge is 2.19. The molecule has 0 N–H and O–H groups in total. The van der Waals surface area contributed by atoms with Gasteiger partial charge in [0.05, 0.1) is 6.54 Å². The summed E-state index contributed by atoms with van der Waals surface area (Å²) in [5.41, 5.74) is 0. The van der Waals surface area contributed by atoms with Crippen LogP contribution in [0.2, 0.25) is 0 Å². The van der Waals surface area contributed by atoms with Gasteiger partial charge < -0.3 is 0 Å². The molecular weight excluding hydrogens is 174 g/mol. The van der Waals surface area contributed by atoms with E-state index in [1.54, 1.807) is 0 Å². The van der Waals surface area contributed by atoms with Crippen molar-refractivity contribution < 1.29 is 4.79 Å². The third-order valence-electron chi connectivity index (χ3n) is 3.20. The number of hydrogen-bond acceptors (Lipinski definition) is 2. The monoisotopic (exact) mass is 197 g/mol. The summed E-state index contributed by atoms with van der Waals surface area (Å²) in [4.78, 5) is 13.6. The van der Waals surface area contributed by atoms with Crippen molar-refractivity contribution in [2.24, 2.45) is 5.92 Å². The molecule has 82 valence electrons. The Hall–Kier alpha value is -0.370. The minimum absolute atomic E-state index is 0.388. The van der Waals surface area contributed by atoms with E-state index in [1.807, 2.05) is 6.92 Å². The molecule has 1 rings (SSSR count). The highest BCUT2D eigenvalue weighted by molar-refractivity contribution is 5.80. The molecule has 0 aromatic carbocycles. The lowest BCUT2D eigenvalue weighted by Gasteiger charge is -2.31. The van der Waals surface area contributed by atoms with Gasteiger partial charge in [-0.05, 0) is 31.8 Å². The van der Waals surface area contributed by atoms with Crippen molar-refractivity contribution in [3.05, 3.63) is 0 Å². The maximum atomic E-state index is 11.2. The summed E-state index contributed by atoms with van der Waals surface area (Å²) in [5, 5.41) is 0. The molecule has 0 aliphatic carbocycles. The molecule has 2 heteroatoms. The van der Waals surface area contributed by atoms with Crippen LogP contribution in [0.25, 0.3) is 0 Å². The van der Waals surface area contributed by atoms with Crippen LogP contribution in [0.5, 0.6) is 0 Å². The van der Waals surface area contributed by atoms with Gasteiger partial charge in [0.25, 0.3) is 0 Å². The molecule has 0 unspecified atom stereocenters. The van der Waals surface area contributed by atoms with Crippen molar-refractivity contribution in [2.75, 3.05) is 19.6 Å². The topological polar surface area (TPSA) is 20.3 Å². The van der Waals surface area contributed by atoms with Gasteiger partial charge in [-0.2, -0.15) is 0 Å². The molecule has 0 atom stereocenters. The first-order valence-corrected chi connectivity index (χ1v) is 6.00. The fourth-order valence-corrected chi connectivity index (χ4v) is 2.20. The Morgan fingerprint density at radius 1 is 1.29 bits per heavy atom. The van der Waals surface area contributed by atoms with Crippen molar-refractivity contribution in [3.63, 3.8) is 0 Å². The Kier molecular flexibility index (Phi) is 5.16. The number of carbonyl (C=O) groups excluding carboxylic acids is 1. The standard InChI is InChI=1S/C12H23NO/c1-3-5-11-6-8-13(9-7-11)10-12(14)4-2/h11H,3-10H2,1-2H3. The Morgan fingerprint density at radius 3 is 2.43 bits per heavy atom. The van der Waals surface area contributed by atoms with E-state index >= 15 is 0 Å². The predicted octanol–water partition coefficient (Wildman–Crippen LogP) is 2.48. The minimum atomic E-state index is 0.388. The Labute approximate surface area is 87.7 Å². The van der Waals surface area contributed by atoms with Gasteiger partial charge in [0, 0.05) is 6.42 Å². The molecule has 1 heterocycles. The summed E-state index contributed by atoms with van der Waals surface area (Å²) in [6.07, 6.45) is 5.96. The van der Waals surface area contributed by atoms with Crippen molar-refractivity contribution in [2.45, 2.75) is 46.0 Å². The van der Waals surface area contributed by atoms with E-state index in [1.165, 1.54) is 25.7 Å². The zero-order valence-corrected chi connectivity index (χ0v) is 9.59. The fourth-order valence-electron chi connectivity index (χ4n) is 2.20. The molecular formula is C12H23NO. The highest BCUT2D eigenvalue weighted by atomic mass is 16.1. The van der Waals surface area contributed by atoms with Crippen LogP contribution < -0.4 is 0 Å². The summed E-state index contributed by atoms with van der Waals surface area (Å²) in [6, 6.07) is 0. The van der Waals surface area contributed by atoms with Crippen LogP contribution in [-0.2, 0) is 4.79 Å². The summed E-state index contributed by atoms with van der Waals surface area (Å²) in [6.45, 7) is 7.17. The third kappa shape index (κ3) is 3.79. The lowest BCUT2D eigenvalue weighted by molar-refractivity contribution is -0.120. The van der Waals surface area contributed by atoms with E-state index in [0.29, 0.717) is 18.7 Å². The number of Topliss-reactive ketones (excluding diaryl/α,β-unsaturated/α-hetero) is 1. The number of hydrogen-bond donors (Lipinski definition) is 0. The van der Waals surface area contributed by atoms with E-state index in [0.717, 1.165) is 19.0 Å². The van der Waals surface area contributed by atoms with E-state index in [9.17, 15) is 4.79 Å². The molecule has 0 bridgehead atoms. The number of likely N-dealkylation sites (tertiary alicyclic amines) is 1. The molecule has 2 nitrogen and oxygen atoms in total. The molecule has 0 amide bonds. The third-order valence-corrected chi connectivity index (χ3v) is 3.20. The average Bonchev–Trinajstić information content (AvgIpc) is 2.21. The number of ketones is 1. The number of piperidine rings is 1. The minimum Gasteiger partial charge on any atom is -0.298 e. The van der Waals surface area contributed by atoms with E-state index in [-0.39, 0.29) is 0 Å². The Morgan fingerprint density at radius 2 is 1.93 bits per heavy atom. The molecule has 0 spiro atoms. The zero-order valence-electron chi connectivity index (χ0n) is 9.59. The maximum absolute atomic E-state index is 11.2. The van der Waals surface area contributed by atoms with Crippen LogP contribution in [0.4, 0.5) is 0 Å². The van der Waals surface area contributed by atoms with Crippen molar-refractivity contribution in [1.29, 1.82) is 0 Å². The second-order valence-corrected chi connectivity index (χ2v) is 4.40. The van der Waals surface area contributed by atoms with Crippen molar-refractivity contribution in [1.82, 2.24) is 4.90 Å². The van der Waals surface area contributed by atoms with E-state index in [4.69, 9.17) is 0 Å². The molecule has 0 aromatic rings. The maximum Gasteiger partial charge on any atom is 0.146 e. The summed E-state index contributed by atoms with van der Waals surface area (Å²) >= 11 is 0. The first kappa shape index (κ1) is 11.7.